The molecular formula is C26H30FN5O4. The number of benzene rings is 2. The van der Waals surface area contributed by atoms with Gasteiger partial charge in [-0.3, -0.25) is 19.1 Å². The number of nitrogens with one attached hydrogen (secondary N) is 1. The maximum Gasteiger partial charge on any atom is 0.330 e. The van der Waals surface area contributed by atoms with Gasteiger partial charge in [0.25, 0.3) is 5.56 Å². The lowest BCUT2D eigenvalue weighted by Crippen LogP contribution is -2.46. The zero-order valence-corrected chi connectivity index (χ0v) is 20.2. The SMILES string of the molecule is COCCCN(C(=O)CN1CCCc2cc(F)ccc21)c1c(N)n(Cc2ccccc2)c(=O)[nH]c1=O. The monoisotopic (exact) mass is 495 g/mol. The number of aromatic nitrogens is 2. The fraction of sp³-hybridized carbons (Fsp3) is 0.346. The molecule has 3 aromatic rings. The number of nitrogen functional groups attached to an aromatic ring is 1. The number of halogens is 1. The van der Waals surface area contributed by atoms with Crippen LogP contribution in [-0.4, -0.2) is 48.8 Å². The lowest BCUT2D eigenvalue weighted by Gasteiger charge is -2.33. The number of carbonyl (C=O) groups is 1. The van der Waals surface area contributed by atoms with E-state index in [1.165, 1.54) is 21.6 Å². The lowest BCUT2D eigenvalue weighted by molar-refractivity contribution is -0.117. The maximum atomic E-state index is 13.7. The van der Waals surface area contributed by atoms with Crippen LogP contribution in [0.2, 0.25) is 0 Å². The van der Waals surface area contributed by atoms with Gasteiger partial charge in [-0.05, 0) is 48.6 Å². The minimum atomic E-state index is -0.728. The van der Waals surface area contributed by atoms with Crippen molar-refractivity contribution < 1.29 is 13.9 Å². The molecule has 0 saturated heterocycles. The highest BCUT2D eigenvalue weighted by atomic mass is 19.1. The smallest absolute Gasteiger partial charge is 0.330 e. The molecule has 190 valence electrons. The zero-order chi connectivity index (χ0) is 25.7. The van der Waals surface area contributed by atoms with E-state index in [1.807, 2.05) is 35.2 Å². The molecule has 0 atom stereocenters. The molecule has 3 N–H and O–H groups in total. The van der Waals surface area contributed by atoms with E-state index in [9.17, 15) is 18.8 Å². The van der Waals surface area contributed by atoms with Crippen molar-refractivity contribution in [1.29, 1.82) is 0 Å². The van der Waals surface area contributed by atoms with Gasteiger partial charge >= 0.3 is 5.69 Å². The Labute approximate surface area is 207 Å². The number of nitrogens with zero attached hydrogens (tertiary/aromatic N) is 3. The molecule has 0 fully saturated rings. The van der Waals surface area contributed by atoms with Gasteiger partial charge in [-0.25, -0.2) is 9.18 Å². The van der Waals surface area contributed by atoms with Gasteiger partial charge in [0, 0.05) is 32.5 Å². The van der Waals surface area contributed by atoms with Crippen molar-refractivity contribution in [2.45, 2.75) is 25.8 Å². The molecule has 1 aromatic heterocycles. The summed E-state index contributed by atoms with van der Waals surface area (Å²) in [5.74, 6) is -0.757. The van der Waals surface area contributed by atoms with Gasteiger partial charge in [-0.1, -0.05) is 30.3 Å². The number of methoxy groups -OCH3 is 1. The Hall–Kier alpha value is -3.92. The average molecular weight is 496 g/mol. The van der Waals surface area contributed by atoms with E-state index in [1.54, 1.807) is 13.2 Å². The highest BCUT2D eigenvalue weighted by Gasteiger charge is 2.27. The van der Waals surface area contributed by atoms with Crippen LogP contribution < -0.4 is 26.8 Å². The van der Waals surface area contributed by atoms with Crippen LogP contribution in [0.3, 0.4) is 0 Å². The van der Waals surface area contributed by atoms with Gasteiger partial charge in [-0.2, -0.15) is 0 Å². The Kier molecular flexibility index (Phi) is 7.84. The zero-order valence-electron chi connectivity index (χ0n) is 20.2. The molecule has 0 bridgehead atoms. The van der Waals surface area contributed by atoms with Crippen LogP contribution in [-0.2, 0) is 22.5 Å². The van der Waals surface area contributed by atoms with E-state index in [0.29, 0.717) is 19.6 Å². The first-order valence-corrected chi connectivity index (χ1v) is 11.9. The highest BCUT2D eigenvalue weighted by molar-refractivity contribution is 5.98. The molecule has 0 saturated carbocycles. The van der Waals surface area contributed by atoms with Gasteiger partial charge in [0.15, 0.2) is 5.69 Å². The molecule has 1 aliphatic heterocycles. The first-order valence-electron chi connectivity index (χ1n) is 11.9. The third-order valence-electron chi connectivity index (χ3n) is 6.28. The molecule has 0 unspecified atom stereocenters. The predicted octanol–water partition coefficient (Wildman–Crippen LogP) is 2.13. The van der Waals surface area contributed by atoms with Crippen LogP contribution in [0, 0.1) is 5.82 Å². The van der Waals surface area contributed by atoms with Crippen molar-refractivity contribution in [3.8, 4) is 0 Å². The summed E-state index contributed by atoms with van der Waals surface area (Å²) in [5.41, 5.74) is 7.37. The summed E-state index contributed by atoms with van der Waals surface area (Å²) in [6, 6.07) is 13.8. The molecular weight excluding hydrogens is 465 g/mol. The quantitative estimate of drug-likeness (QED) is 0.440. The number of hydrogen-bond donors (Lipinski definition) is 2. The summed E-state index contributed by atoms with van der Waals surface area (Å²) in [6.45, 7) is 1.28. The van der Waals surface area contributed by atoms with E-state index in [2.05, 4.69) is 4.98 Å². The Balaban J connectivity index is 1.68. The molecule has 4 rings (SSSR count). The number of carbonyl (C=O) groups excluding carboxylic acids is 1. The normalized spacial score (nSPS) is 12.9. The second-order valence-electron chi connectivity index (χ2n) is 8.75. The Morgan fingerprint density at radius 3 is 2.72 bits per heavy atom. The van der Waals surface area contributed by atoms with Crippen molar-refractivity contribution in [3.63, 3.8) is 0 Å². The summed E-state index contributed by atoms with van der Waals surface area (Å²) in [7, 11) is 1.55. The summed E-state index contributed by atoms with van der Waals surface area (Å²) in [5, 5.41) is 0. The number of nitrogens with two attached hydrogens (primary N) is 1. The molecule has 9 nitrogen and oxygen atoms in total. The van der Waals surface area contributed by atoms with Crippen LogP contribution in [0.4, 0.5) is 21.6 Å². The number of aromatic amines is 1. The topological polar surface area (TPSA) is 114 Å². The second kappa shape index (κ2) is 11.2. The predicted molar refractivity (Wildman–Crippen MR) is 137 cm³/mol. The molecule has 1 aliphatic rings. The van der Waals surface area contributed by atoms with E-state index >= 15 is 0 Å². The molecule has 1 amide bonds. The van der Waals surface area contributed by atoms with Crippen molar-refractivity contribution in [1.82, 2.24) is 9.55 Å². The number of H-pyrrole nitrogens is 1. The Bertz CT molecular complexity index is 1340. The van der Waals surface area contributed by atoms with Crippen LogP contribution in [0.25, 0.3) is 0 Å². The average Bonchev–Trinajstić information content (AvgIpc) is 2.86. The van der Waals surface area contributed by atoms with E-state index in [0.717, 1.165) is 29.7 Å². The van der Waals surface area contributed by atoms with Gasteiger partial charge in [0.1, 0.15) is 11.6 Å². The van der Waals surface area contributed by atoms with Crippen molar-refractivity contribution in [3.05, 3.63) is 86.3 Å². The minimum Gasteiger partial charge on any atom is -0.385 e. The summed E-state index contributed by atoms with van der Waals surface area (Å²) < 4.78 is 20.1. The maximum absolute atomic E-state index is 13.7. The highest BCUT2D eigenvalue weighted by Crippen LogP contribution is 2.28. The summed E-state index contributed by atoms with van der Waals surface area (Å²) in [6.07, 6.45) is 1.96. The van der Waals surface area contributed by atoms with E-state index in [-0.39, 0.29) is 42.9 Å². The van der Waals surface area contributed by atoms with Crippen LogP contribution in [0.15, 0.2) is 58.1 Å². The number of aryl methyl sites for hydroxylation is 1. The van der Waals surface area contributed by atoms with Gasteiger partial charge in [0.05, 0.1) is 13.1 Å². The molecule has 10 heteroatoms. The van der Waals surface area contributed by atoms with Crippen molar-refractivity contribution in [2.75, 3.05) is 48.9 Å². The number of anilines is 3. The molecule has 36 heavy (non-hydrogen) atoms. The molecule has 0 radical (unpaired) electrons. The fourth-order valence-corrected chi connectivity index (χ4v) is 4.55. The van der Waals surface area contributed by atoms with Gasteiger partial charge in [-0.15, -0.1) is 0 Å². The molecule has 2 aromatic carbocycles. The first-order chi connectivity index (χ1) is 17.4. The van der Waals surface area contributed by atoms with Crippen LogP contribution >= 0.6 is 0 Å². The van der Waals surface area contributed by atoms with Crippen LogP contribution in [0.1, 0.15) is 24.0 Å². The van der Waals surface area contributed by atoms with E-state index in [4.69, 9.17) is 10.5 Å². The Morgan fingerprint density at radius 1 is 1.19 bits per heavy atom. The molecule has 2 heterocycles. The fourth-order valence-electron chi connectivity index (χ4n) is 4.55. The number of amides is 1. The first kappa shape index (κ1) is 25.2. The van der Waals surface area contributed by atoms with Crippen LogP contribution in [0.5, 0.6) is 0 Å². The summed E-state index contributed by atoms with van der Waals surface area (Å²) in [4.78, 5) is 44.7. The van der Waals surface area contributed by atoms with E-state index < -0.39 is 11.2 Å². The summed E-state index contributed by atoms with van der Waals surface area (Å²) >= 11 is 0. The van der Waals surface area contributed by atoms with Gasteiger partial charge in [0.2, 0.25) is 5.91 Å². The number of fused-ring (bicyclic) bond motifs is 1. The standard InChI is InChI=1S/C26H30FN5O4/c1-36-14-6-13-31(22(33)17-30-12-5-9-19-15-20(27)10-11-21(19)30)23-24(28)32(26(35)29-25(23)34)16-18-7-3-2-4-8-18/h2-4,7-8,10-11,15H,5-6,9,12-14,16-17,28H2,1H3,(H,29,34,35). The van der Waals surface area contributed by atoms with Gasteiger partial charge < -0.3 is 20.3 Å². The third kappa shape index (κ3) is 5.49. The second-order valence-corrected chi connectivity index (χ2v) is 8.75. The number of hydrogen-bond acceptors (Lipinski definition) is 6. The molecule has 0 aliphatic carbocycles. The largest absolute Gasteiger partial charge is 0.385 e. The van der Waals surface area contributed by atoms with Crippen molar-refractivity contribution >= 4 is 23.1 Å². The Morgan fingerprint density at radius 2 is 1.97 bits per heavy atom. The van der Waals surface area contributed by atoms with Crippen molar-refractivity contribution in [2.24, 2.45) is 0 Å². The molecule has 0 spiro atoms. The number of rotatable bonds is 9. The minimum absolute atomic E-state index is 0.0255. The third-order valence-corrected chi connectivity index (χ3v) is 6.28. The number of ether oxygens (including phenoxy) is 1. The lowest BCUT2D eigenvalue weighted by atomic mass is 10.0.